The van der Waals surface area contributed by atoms with E-state index in [1.165, 1.54) is 38.2 Å². The van der Waals surface area contributed by atoms with E-state index in [0.717, 1.165) is 13.0 Å². The molecule has 0 radical (unpaired) electrons. The molecule has 0 aliphatic heterocycles. The maximum atomic E-state index is 3.38. The number of benzene rings is 2. The van der Waals surface area contributed by atoms with Crippen LogP contribution < -0.4 is 5.32 Å². The van der Waals surface area contributed by atoms with Gasteiger partial charge in [-0.15, -0.1) is 0 Å². The van der Waals surface area contributed by atoms with Crippen molar-refractivity contribution in [3.05, 3.63) is 59.8 Å². The molecule has 2 N–H and O–H groups in total. The maximum absolute atomic E-state index is 3.38. The second-order valence-electron chi connectivity index (χ2n) is 5.62. The number of aromatic nitrogens is 1. The Morgan fingerprint density at radius 3 is 2.82 bits per heavy atom. The van der Waals surface area contributed by atoms with Gasteiger partial charge >= 0.3 is 0 Å². The quantitative estimate of drug-likeness (QED) is 0.641. The van der Waals surface area contributed by atoms with E-state index in [2.05, 4.69) is 65.9 Å². The predicted octanol–water partition coefficient (Wildman–Crippen LogP) is 4.78. The Balaban J connectivity index is 1.87. The molecule has 0 aliphatic carbocycles. The lowest BCUT2D eigenvalue weighted by atomic mass is 10.1. The highest BCUT2D eigenvalue weighted by atomic mass is 32.2. The Morgan fingerprint density at radius 1 is 1.09 bits per heavy atom. The summed E-state index contributed by atoms with van der Waals surface area (Å²) in [5.41, 5.74) is 3.95. The van der Waals surface area contributed by atoms with Crippen molar-refractivity contribution in [1.82, 2.24) is 10.3 Å². The molecule has 114 valence electrons. The number of hydrogen-bond donors (Lipinski definition) is 2. The monoisotopic (exact) mass is 310 g/mol. The van der Waals surface area contributed by atoms with Gasteiger partial charge in [0, 0.05) is 26.9 Å². The van der Waals surface area contributed by atoms with Crippen molar-refractivity contribution in [3.8, 4) is 0 Å². The van der Waals surface area contributed by atoms with Crippen LogP contribution >= 0.6 is 11.8 Å². The van der Waals surface area contributed by atoms with E-state index < -0.39 is 0 Å². The molecule has 0 atom stereocenters. The third-order valence-corrected chi connectivity index (χ3v) is 5.04. The number of fused-ring (bicyclic) bond motifs is 1. The fourth-order valence-corrected chi connectivity index (χ4v) is 3.76. The second-order valence-corrected chi connectivity index (χ2v) is 6.70. The van der Waals surface area contributed by atoms with Gasteiger partial charge in [-0.2, -0.15) is 0 Å². The second kappa shape index (κ2) is 7.03. The Morgan fingerprint density at radius 2 is 1.95 bits per heavy atom. The first kappa shape index (κ1) is 15.2. The molecule has 0 spiro atoms. The van der Waals surface area contributed by atoms with Crippen LogP contribution in [0.15, 0.2) is 58.5 Å². The van der Waals surface area contributed by atoms with Crippen molar-refractivity contribution < 1.29 is 0 Å². The molecule has 2 aromatic carbocycles. The molecule has 0 aliphatic rings. The average molecular weight is 310 g/mol. The van der Waals surface area contributed by atoms with Crippen LogP contribution in [0.4, 0.5) is 0 Å². The number of nitrogens with one attached hydrogen (secondary N) is 2. The third-order valence-electron chi connectivity index (χ3n) is 3.86. The lowest BCUT2D eigenvalue weighted by molar-refractivity contribution is 0.720. The highest BCUT2D eigenvalue weighted by molar-refractivity contribution is 7.99. The molecule has 22 heavy (non-hydrogen) atoms. The normalized spacial score (nSPS) is 11.2. The predicted molar refractivity (Wildman–Crippen MR) is 95.8 cm³/mol. The Hall–Kier alpha value is -1.71. The summed E-state index contributed by atoms with van der Waals surface area (Å²) in [6.07, 6.45) is 4.41. The minimum Gasteiger partial charge on any atom is -0.360 e. The summed E-state index contributed by atoms with van der Waals surface area (Å²) in [6.45, 7) is 3.21. The molecule has 0 bridgehead atoms. The van der Waals surface area contributed by atoms with Gasteiger partial charge in [0.1, 0.15) is 0 Å². The Labute approximate surface area is 136 Å². The molecular weight excluding hydrogens is 288 g/mol. The first-order valence-electron chi connectivity index (χ1n) is 7.76. The van der Waals surface area contributed by atoms with Gasteiger partial charge in [0.15, 0.2) is 0 Å². The van der Waals surface area contributed by atoms with Gasteiger partial charge in [-0.3, -0.25) is 0 Å². The first-order valence-corrected chi connectivity index (χ1v) is 8.57. The van der Waals surface area contributed by atoms with Crippen molar-refractivity contribution in [2.75, 3.05) is 13.6 Å². The largest absolute Gasteiger partial charge is 0.360 e. The summed E-state index contributed by atoms with van der Waals surface area (Å²) in [7, 11) is 2.01. The lowest BCUT2D eigenvalue weighted by Gasteiger charge is -2.08. The van der Waals surface area contributed by atoms with Crippen molar-refractivity contribution in [2.24, 2.45) is 0 Å². The molecule has 1 aromatic heterocycles. The van der Waals surface area contributed by atoms with Crippen LogP contribution in [0.1, 0.15) is 17.5 Å². The van der Waals surface area contributed by atoms with Crippen LogP contribution in [0.3, 0.4) is 0 Å². The molecule has 3 rings (SSSR count). The number of aryl methyl sites for hydroxylation is 2. The van der Waals surface area contributed by atoms with Gasteiger partial charge in [0.25, 0.3) is 0 Å². The molecule has 0 unspecified atom stereocenters. The zero-order valence-corrected chi connectivity index (χ0v) is 14.0. The summed E-state index contributed by atoms with van der Waals surface area (Å²) in [6, 6.07) is 15.3. The van der Waals surface area contributed by atoms with Gasteiger partial charge in [0.2, 0.25) is 0 Å². The topological polar surface area (TPSA) is 27.8 Å². The summed E-state index contributed by atoms with van der Waals surface area (Å²) in [4.78, 5) is 6.04. The Bertz CT molecular complexity index is 761. The molecular formula is C19H22N2S. The zero-order chi connectivity index (χ0) is 15.4. The van der Waals surface area contributed by atoms with Crippen LogP contribution in [-0.2, 0) is 6.42 Å². The molecule has 0 saturated heterocycles. The summed E-state index contributed by atoms with van der Waals surface area (Å²) in [5.74, 6) is 0. The summed E-state index contributed by atoms with van der Waals surface area (Å²) >= 11 is 1.87. The molecule has 1 heterocycles. The first-order chi connectivity index (χ1) is 10.8. The van der Waals surface area contributed by atoms with Gasteiger partial charge in [0.05, 0.1) is 0 Å². The van der Waals surface area contributed by atoms with Crippen molar-refractivity contribution in [1.29, 1.82) is 0 Å². The fourth-order valence-electron chi connectivity index (χ4n) is 2.68. The van der Waals surface area contributed by atoms with Crippen LogP contribution in [0.25, 0.3) is 10.9 Å². The lowest BCUT2D eigenvalue weighted by Crippen LogP contribution is -2.08. The van der Waals surface area contributed by atoms with E-state index in [-0.39, 0.29) is 0 Å². The SMILES string of the molecule is CNCCCc1ccccc1Sc1c[nH]c2ccc(C)cc12. The number of aromatic amines is 1. The highest BCUT2D eigenvalue weighted by Gasteiger charge is 2.08. The molecule has 0 saturated carbocycles. The fraction of sp³-hybridized carbons (Fsp3) is 0.263. The zero-order valence-electron chi connectivity index (χ0n) is 13.1. The van der Waals surface area contributed by atoms with E-state index in [0.29, 0.717) is 0 Å². The Kier molecular flexibility index (Phi) is 4.86. The van der Waals surface area contributed by atoms with E-state index in [9.17, 15) is 0 Å². The highest BCUT2D eigenvalue weighted by Crippen LogP contribution is 2.36. The van der Waals surface area contributed by atoms with Gasteiger partial charge in [-0.1, -0.05) is 41.6 Å². The standard InChI is InChI=1S/C19H22N2S/c1-14-9-10-17-16(12-14)19(13-21-17)22-18-8-4-3-6-15(18)7-5-11-20-2/h3-4,6,8-10,12-13,20-21H,5,7,11H2,1-2H3. The minimum atomic E-state index is 1.06. The van der Waals surface area contributed by atoms with Crippen LogP contribution in [0.2, 0.25) is 0 Å². The van der Waals surface area contributed by atoms with E-state index in [4.69, 9.17) is 0 Å². The van der Waals surface area contributed by atoms with E-state index in [1.54, 1.807) is 0 Å². The molecule has 3 heteroatoms. The minimum absolute atomic E-state index is 1.06. The van der Waals surface area contributed by atoms with Gasteiger partial charge in [-0.25, -0.2) is 0 Å². The smallest absolute Gasteiger partial charge is 0.0465 e. The number of H-pyrrole nitrogens is 1. The van der Waals surface area contributed by atoms with Crippen LogP contribution in [0.5, 0.6) is 0 Å². The van der Waals surface area contributed by atoms with E-state index >= 15 is 0 Å². The van der Waals surface area contributed by atoms with Gasteiger partial charge in [-0.05, 0) is 57.1 Å². The van der Waals surface area contributed by atoms with Gasteiger partial charge < -0.3 is 10.3 Å². The number of hydrogen-bond acceptors (Lipinski definition) is 2. The van der Waals surface area contributed by atoms with Crippen molar-refractivity contribution >= 4 is 22.7 Å². The van der Waals surface area contributed by atoms with Crippen LogP contribution in [-0.4, -0.2) is 18.6 Å². The molecule has 3 aromatic rings. The summed E-state index contributed by atoms with van der Waals surface area (Å²) in [5, 5.41) is 4.54. The maximum Gasteiger partial charge on any atom is 0.0465 e. The molecule has 0 amide bonds. The third kappa shape index (κ3) is 3.37. The number of rotatable bonds is 6. The van der Waals surface area contributed by atoms with Crippen molar-refractivity contribution in [2.45, 2.75) is 29.6 Å². The van der Waals surface area contributed by atoms with Crippen molar-refractivity contribution in [3.63, 3.8) is 0 Å². The van der Waals surface area contributed by atoms with E-state index in [1.807, 2.05) is 18.8 Å². The summed E-state index contributed by atoms with van der Waals surface area (Å²) < 4.78 is 0. The average Bonchev–Trinajstić information content (AvgIpc) is 2.91. The molecule has 0 fully saturated rings. The van der Waals surface area contributed by atoms with Crippen LogP contribution in [0, 0.1) is 6.92 Å². The molecule has 2 nitrogen and oxygen atoms in total.